The fourth-order valence-electron chi connectivity index (χ4n) is 4.03. The van der Waals surface area contributed by atoms with Gasteiger partial charge in [-0.05, 0) is 71.4 Å². The Balaban J connectivity index is 1.59. The maximum atomic E-state index is 13.5. The summed E-state index contributed by atoms with van der Waals surface area (Å²) < 4.78 is 5.96. The second-order valence-electron chi connectivity index (χ2n) is 8.54. The van der Waals surface area contributed by atoms with Crippen LogP contribution in [0.4, 0.5) is 21.9 Å². The number of hydrogen-bond acceptors (Lipinski definition) is 6. The summed E-state index contributed by atoms with van der Waals surface area (Å²) in [5.74, 6) is -1.29. The molecule has 1 aromatic heterocycles. The van der Waals surface area contributed by atoms with Gasteiger partial charge in [-0.3, -0.25) is 19.7 Å². The van der Waals surface area contributed by atoms with Crippen LogP contribution in [-0.2, 0) is 9.59 Å². The van der Waals surface area contributed by atoms with Gasteiger partial charge in [0, 0.05) is 11.6 Å². The lowest BCUT2D eigenvalue weighted by Crippen LogP contribution is -2.57. The molecule has 9 nitrogen and oxygen atoms in total. The number of halogens is 2. The highest BCUT2D eigenvalue weighted by Crippen LogP contribution is 2.38. The van der Waals surface area contributed by atoms with Gasteiger partial charge in [0.05, 0.1) is 21.3 Å². The number of rotatable bonds is 5. The summed E-state index contributed by atoms with van der Waals surface area (Å²) >= 11 is 9.25. The summed E-state index contributed by atoms with van der Waals surface area (Å²) in [6.07, 6.45) is 1.24. The zero-order chi connectivity index (χ0) is 27.8. The van der Waals surface area contributed by atoms with Crippen LogP contribution in [0.15, 0.2) is 93.3 Å². The Labute approximate surface area is 235 Å². The number of barbiturate groups is 1. The fourth-order valence-corrected chi connectivity index (χ4v) is 4.62. The molecule has 1 saturated heterocycles. The lowest BCUT2D eigenvalue weighted by molar-refractivity contribution is -0.385. The Kier molecular flexibility index (Phi) is 6.90. The monoisotopic (exact) mass is 605 g/mol. The Hall–Kier alpha value is -4.54. The molecule has 3 aromatic carbocycles. The summed E-state index contributed by atoms with van der Waals surface area (Å²) in [4.78, 5) is 53.2. The first-order chi connectivity index (χ1) is 18.7. The molecule has 39 heavy (non-hydrogen) atoms. The van der Waals surface area contributed by atoms with Crippen LogP contribution in [0.25, 0.3) is 17.4 Å². The molecule has 0 saturated carbocycles. The number of aryl methyl sites for hydroxylation is 1. The number of para-hydroxylation sites is 1. The van der Waals surface area contributed by atoms with E-state index in [0.717, 1.165) is 15.4 Å². The van der Waals surface area contributed by atoms with Crippen LogP contribution >= 0.6 is 27.5 Å². The van der Waals surface area contributed by atoms with E-state index in [-0.39, 0.29) is 32.3 Å². The number of anilines is 2. The van der Waals surface area contributed by atoms with Gasteiger partial charge in [0.25, 0.3) is 17.5 Å². The Morgan fingerprint density at radius 2 is 1.51 bits per heavy atom. The molecule has 4 amide bonds. The largest absolute Gasteiger partial charge is 0.457 e. The van der Waals surface area contributed by atoms with Gasteiger partial charge in [-0.2, -0.15) is 0 Å². The second kappa shape index (κ2) is 10.3. The van der Waals surface area contributed by atoms with Crippen LogP contribution in [0.1, 0.15) is 11.3 Å². The number of urea groups is 1. The first-order valence-electron chi connectivity index (χ1n) is 11.5. The van der Waals surface area contributed by atoms with E-state index in [2.05, 4.69) is 15.9 Å². The van der Waals surface area contributed by atoms with Gasteiger partial charge in [0.1, 0.15) is 21.6 Å². The maximum absolute atomic E-state index is 13.5. The smallest absolute Gasteiger partial charge is 0.343 e. The van der Waals surface area contributed by atoms with Crippen LogP contribution < -0.4 is 9.80 Å². The number of carbonyl (C=O) groups is 3. The Morgan fingerprint density at radius 3 is 2.13 bits per heavy atom. The lowest BCUT2D eigenvalue weighted by Gasteiger charge is -2.33. The van der Waals surface area contributed by atoms with Crippen molar-refractivity contribution in [2.45, 2.75) is 6.92 Å². The second-order valence-corrected chi connectivity index (χ2v) is 9.74. The topological polar surface area (TPSA) is 114 Å². The molecule has 194 valence electrons. The molecule has 0 bridgehead atoms. The molecule has 11 heteroatoms. The number of nitro benzene ring substituents is 1. The van der Waals surface area contributed by atoms with Gasteiger partial charge in [-0.15, -0.1) is 0 Å². The molecule has 1 fully saturated rings. The van der Waals surface area contributed by atoms with Gasteiger partial charge in [-0.1, -0.05) is 47.5 Å². The van der Waals surface area contributed by atoms with Crippen molar-refractivity contribution in [3.63, 3.8) is 0 Å². The predicted molar refractivity (Wildman–Crippen MR) is 149 cm³/mol. The van der Waals surface area contributed by atoms with Crippen molar-refractivity contribution in [3.05, 3.63) is 115 Å². The van der Waals surface area contributed by atoms with Crippen molar-refractivity contribution in [2.75, 3.05) is 9.80 Å². The summed E-state index contributed by atoms with van der Waals surface area (Å²) in [6.45, 7) is 1.87. The summed E-state index contributed by atoms with van der Waals surface area (Å²) in [7, 11) is 0. The molecule has 0 atom stereocenters. The number of furan rings is 1. The van der Waals surface area contributed by atoms with Crippen molar-refractivity contribution < 1.29 is 23.7 Å². The number of imide groups is 2. The van der Waals surface area contributed by atoms with Gasteiger partial charge in [-0.25, -0.2) is 14.6 Å². The third-order valence-corrected chi connectivity index (χ3v) is 7.32. The van der Waals surface area contributed by atoms with E-state index >= 15 is 0 Å². The van der Waals surface area contributed by atoms with Gasteiger partial charge < -0.3 is 4.42 Å². The molecule has 1 aliphatic heterocycles. The van der Waals surface area contributed by atoms with Crippen LogP contribution in [-0.4, -0.2) is 22.8 Å². The first-order valence-corrected chi connectivity index (χ1v) is 12.6. The minimum atomic E-state index is -0.820. The van der Waals surface area contributed by atoms with Crippen molar-refractivity contribution in [2.24, 2.45) is 0 Å². The van der Waals surface area contributed by atoms with E-state index in [4.69, 9.17) is 16.0 Å². The molecular formula is C28H17BrClN3O6. The number of nitro groups is 1. The Bertz CT molecular complexity index is 1680. The third-order valence-electron chi connectivity index (χ3n) is 5.96. The average molecular weight is 607 g/mol. The number of benzene rings is 3. The van der Waals surface area contributed by atoms with E-state index in [9.17, 15) is 24.5 Å². The van der Waals surface area contributed by atoms with E-state index < -0.39 is 22.8 Å². The summed E-state index contributed by atoms with van der Waals surface area (Å²) in [5, 5.41) is 11.5. The molecule has 0 spiro atoms. The minimum absolute atomic E-state index is 0.110. The first kappa shape index (κ1) is 26.1. The normalized spacial score (nSPS) is 14.8. The van der Waals surface area contributed by atoms with E-state index in [0.29, 0.717) is 16.9 Å². The van der Waals surface area contributed by atoms with Gasteiger partial charge in [0.15, 0.2) is 0 Å². The third kappa shape index (κ3) is 4.87. The van der Waals surface area contributed by atoms with E-state index in [1.54, 1.807) is 54.6 Å². The number of carbonyl (C=O) groups excluding carboxylic acids is 3. The molecule has 0 aliphatic carbocycles. The molecule has 4 aromatic rings. The van der Waals surface area contributed by atoms with Crippen molar-refractivity contribution in [1.29, 1.82) is 0 Å². The van der Waals surface area contributed by atoms with Gasteiger partial charge >= 0.3 is 6.03 Å². The zero-order valence-electron chi connectivity index (χ0n) is 20.1. The van der Waals surface area contributed by atoms with Crippen molar-refractivity contribution in [3.8, 4) is 11.3 Å². The minimum Gasteiger partial charge on any atom is -0.457 e. The number of nitrogens with zero attached hydrogens (tertiary/aromatic N) is 3. The molecule has 0 N–H and O–H groups in total. The molecular weight excluding hydrogens is 590 g/mol. The van der Waals surface area contributed by atoms with E-state index in [1.807, 2.05) is 6.92 Å². The molecule has 0 unspecified atom stereocenters. The SMILES string of the molecule is Cc1ccc(N2C(=O)/C(=C/c3ccc(-c4cc(Cl)c(Br)c([N+](=O)[O-])c4)o3)C(=O)N(c3ccccc3)C2=O)cc1. The summed E-state index contributed by atoms with van der Waals surface area (Å²) in [5.41, 5.74) is 1.28. The van der Waals surface area contributed by atoms with E-state index in [1.165, 1.54) is 30.3 Å². The van der Waals surface area contributed by atoms with Crippen molar-refractivity contribution in [1.82, 2.24) is 0 Å². The van der Waals surface area contributed by atoms with Crippen molar-refractivity contribution >= 4 is 68.5 Å². The molecule has 2 heterocycles. The lowest BCUT2D eigenvalue weighted by atomic mass is 10.1. The molecule has 0 radical (unpaired) electrons. The van der Waals surface area contributed by atoms with Crippen LogP contribution in [0.5, 0.6) is 0 Å². The summed E-state index contributed by atoms with van der Waals surface area (Å²) in [6, 6.07) is 20.0. The predicted octanol–water partition coefficient (Wildman–Crippen LogP) is 7.16. The maximum Gasteiger partial charge on any atom is 0.343 e. The van der Waals surface area contributed by atoms with Crippen LogP contribution in [0.3, 0.4) is 0 Å². The highest BCUT2D eigenvalue weighted by molar-refractivity contribution is 9.10. The molecule has 1 aliphatic rings. The highest BCUT2D eigenvalue weighted by Gasteiger charge is 2.43. The quantitative estimate of drug-likeness (QED) is 0.103. The zero-order valence-corrected chi connectivity index (χ0v) is 22.5. The standard InChI is InChI=1S/C28H17BrClN3O6/c1-16-7-9-19(10-8-16)32-27(35)21(26(34)31(28(32)36)18-5-3-2-4-6-18)15-20-11-12-24(39-20)17-13-22(30)25(29)23(14-17)33(37)38/h2-15H,1H3/b21-15+. The van der Waals surface area contributed by atoms with Gasteiger partial charge in [0.2, 0.25) is 0 Å². The molecule has 5 rings (SSSR count). The number of amides is 4. The highest BCUT2D eigenvalue weighted by atomic mass is 79.9. The Morgan fingerprint density at radius 1 is 0.897 bits per heavy atom. The average Bonchev–Trinajstić information content (AvgIpc) is 3.38. The van der Waals surface area contributed by atoms with Crippen LogP contribution in [0, 0.1) is 17.0 Å². The van der Waals surface area contributed by atoms with Crippen LogP contribution in [0.2, 0.25) is 5.02 Å². The number of hydrogen-bond donors (Lipinski definition) is 0. The fraction of sp³-hybridized carbons (Fsp3) is 0.0357.